The third-order valence-electron chi connectivity index (χ3n) is 5.56. The zero-order valence-electron chi connectivity index (χ0n) is 21.2. The number of nitro groups is 1. The number of esters is 1. The summed E-state index contributed by atoms with van der Waals surface area (Å²) in [6.45, 7) is 1.39. The first-order valence-electron chi connectivity index (χ1n) is 11.9. The van der Waals surface area contributed by atoms with Crippen molar-refractivity contribution in [1.29, 1.82) is 0 Å². The number of amides is 1. The van der Waals surface area contributed by atoms with E-state index in [1.165, 1.54) is 29.2 Å². The van der Waals surface area contributed by atoms with Gasteiger partial charge in [-0.2, -0.15) is 0 Å². The van der Waals surface area contributed by atoms with Crippen LogP contribution in [0.3, 0.4) is 0 Å². The van der Waals surface area contributed by atoms with Gasteiger partial charge in [-0.15, -0.1) is 10.2 Å². The molecule has 0 radical (unpaired) electrons. The smallest absolute Gasteiger partial charge is 0.326 e. The molecule has 0 unspecified atom stereocenters. The number of hydrogen-bond donors (Lipinski definition) is 0. The predicted octanol–water partition coefficient (Wildman–Crippen LogP) is 4.54. The largest absolute Gasteiger partial charge is 0.495 e. The number of anilines is 1. The molecule has 0 atom stereocenters. The summed E-state index contributed by atoms with van der Waals surface area (Å²) >= 11 is 1.12. The molecular formula is C27H25N5O6S. The summed E-state index contributed by atoms with van der Waals surface area (Å²) in [4.78, 5) is 37.6. The molecule has 12 heteroatoms. The Kier molecular flexibility index (Phi) is 8.90. The Bertz CT molecular complexity index is 1480. The van der Waals surface area contributed by atoms with Crippen molar-refractivity contribution in [3.8, 4) is 22.8 Å². The Morgan fingerprint density at radius 3 is 2.49 bits per heavy atom. The lowest BCUT2D eigenvalue weighted by molar-refractivity contribution is -0.384. The van der Waals surface area contributed by atoms with Gasteiger partial charge in [-0.25, -0.2) is 0 Å². The van der Waals surface area contributed by atoms with Crippen LogP contribution in [0.4, 0.5) is 11.4 Å². The number of thioether (sulfide) groups is 1. The minimum absolute atomic E-state index is 0.134. The van der Waals surface area contributed by atoms with E-state index in [1.54, 1.807) is 18.6 Å². The molecule has 200 valence electrons. The fourth-order valence-corrected chi connectivity index (χ4v) is 4.63. The summed E-state index contributed by atoms with van der Waals surface area (Å²) in [6, 6.07) is 22.4. The molecule has 0 fully saturated rings. The van der Waals surface area contributed by atoms with Crippen molar-refractivity contribution in [3.05, 3.63) is 89.0 Å². The van der Waals surface area contributed by atoms with Gasteiger partial charge in [0, 0.05) is 17.7 Å². The van der Waals surface area contributed by atoms with Crippen molar-refractivity contribution in [2.75, 3.05) is 30.9 Å². The van der Waals surface area contributed by atoms with Gasteiger partial charge >= 0.3 is 5.97 Å². The van der Waals surface area contributed by atoms with Crippen LogP contribution in [-0.2, 0) is 14.3 Å². The molecule has 1 heterocycles. The van der Waals surface area contributed by atoms with E-state index < -0.39 is 23.3 Å². The molecule has 0 aliphatic rings. The number of rotatable bonds is 11. The maximum absolute atomic E-state index is 13.4. The third kappa shape index (κ3) is 6.41. The van der Waals surface area contributed by atoms with Crippen LogP contribution in [0.15, 0.2) is 84.0 Å². The summed E-state index contributed by atoms with van der Waals surface area (Å²) in [6.07, 6.45) is 0. The van der Waals surface area contributed by atoms with Gasteiger partial charge in [0.25, 0.3) is 5.69 Å². The Balaban J connectivity index is 1.67. The molecule has 0 spiro atoms. The van der Waals surface area contributed by atoms with Crippen molar-refractivity contribution in [2.45, 2.75) is 12.1 Å². The minimum Gasteiger partial charge on any atom is -0.495 e. The zero-order chi connectivity index (χ0) is 27.8. The van der Waals surface area contributed by atoms with Crippen LogP contribution < -0.4 is 9.64 Å². The molecule has 4 rings (SSSR count). The highest BCUT2D eigenvalue weighted by molar-refractivity contribution is 7.99. The topological polar surface area (TPSA) is 130 Å². The number of nitrogens with zero attached hydrogens (tertiary/aromatic N) is 5. The quantitative estimate of drug-likeness (QED) is 0.115. The number of non-ortho nitro benzene ring substituents is 1. The molecular weight excluding hydrogens is 522 g/mol. The fraction of sp³-hybridized carbons (Fsp3) is 0.185. The Labute approximate surface area is 228 Å². The van der Waals surface area contributed by atoms with Crippen molar-refractivity contribution in [3.63, 3.8) is 0 Å². The summed E-state index contributed by atoms with van der Waals surface area (Å²) in [5.74, 6) is -0.0972. The second-order valence-electron chi connectivity index (χ2n) is 8.03. The second-order valence-corrected chi connectivity index (χ2v) is 8.97. The van der Waals surface area contributed by atoms with E-state index in [0.29, 0.717) is 22.4 Å². The number of methoxy groups -OCH3 is 1. The molecule has 3 aromatic carbocycles. The van der Waals surface area contributed by atoms with E-state index in [-0.39, 0.29) is 23.7 Å². The molecule has 0 saturated carbocycles. The van der Waals surface area contributed by atoms with Crippen molar-refractivity contribution < 1.29 is 24.0 Å². The normalized spacial score (nSPS) is 10.6. The first-order chi connectivity index (χ1) is 18.9. The van der Waals surface area contributed by atoms with Gasteiger partial charge in [0.2, 0.25) is 5.91 Å². The van der Waals surface area contributed by atoms with E-state index >= 15 is 0 Å². The fourth-order valence-electron chi connectivity index (χ4n) is 3.81. The van der Waals surface area contributed by atoms with Gasteiger partial charge in [0.1, 0.15) is 12.3 Å². The molecule has 0 N–H and O–H groups in total. The standard InChI is InChI=1S/C27H25N5O6S/c1-3-38-25(34)17-30(20-12-9-13-21(16-20)32(35)36)24(33)18-39-27-29-28-26(19-10-5-4-6-11-19)31(27)22-14-7-8-15-23(22)37-2/h4-16H,3,17-18H2,1-2H3. The van der Waals surface area contributed by atoms with Crippen LogP contribution in [0.5, 0.6) is 5.75 Å². The average molecular weight is 548 g/mol. The van der Waals surface area contributed by atoms with Gasteiger partial charge in [0.15, 0.2) is 11.0 Å². The number of hydrogen-bond acceptors (Lipinski definition) is 9. The summed E-state index contributed by atoms with van der Waals surface area (Å²) in [5.41, 5.74) is 1.50. The Morgan fingerprint density at radius 1 is 1.03 bits per heavy atom. The van der Waals surface area contributed by atoms with Crippen LogP contribution in [0.25, 0.3) is 17.1 Å². The Morgan fingerprint density at radius 2 is 1.77 bits per heavy atom. The lowest BCUT2D eigenvalue weighted by atomic mass is 10.2. The van der Waals surface area contributed by atoms with Gasteiger partial charge in [-0.05, 0) is 25.1 Å². The lowest BCUT2D eigenvalue weighted by Crippen LogP contribution is -2.37. The third-order valence-corrected chi connectivity index (χ3v) is 6.48. The van der Waals surface area contributed by atoms with Gasteiger partial charge in [0.05, 0.1) is 35.8 Å². The number of benzene rings is 3. The highest BCUT2D eigenvalue weighted by Crippen LogP contribution is 2.33. The predicted molar refractivity (Wildman–Crippen MR) is 146 cm³/mol. The number of carbonyl (C=O) groups is 2. The molecule has 39 heavy (non-hydrogen) atoms. The lowest BCUT2D eigenvalue weighted by Gasteiger charge is -2.21. The van der Waals surface area contributed by atoms with Crippen LogP contribution in [0.2, 0.25) is 0 Å². The highest BCUT2D eigenvalue weighted by Gasteiger charge is 2.24. The first-order valence-corrected chi connectivity index (χ1v) is 12.9. The van der Waals surface area contributed by atoms with Crippen LogP contribution >= 0.6 is 11.8 Å². The molecule has 1 amide bonds. The molecule has 0 aliphatic carbocycles. The van der Waals surface area contributed by atoms with E-state index in [9.17, 15) is 19.7 Å². The molecule has 11 nitrogen and oxygen atoms in total. The molecule has 1 aromatic heterocycles. The van der Waals surface area contributed by atoms with Crippen LogP contribution in [0.1, 0.15) is 6.92 Å². The number of ether oxygens (including phenoxy) is 2. The summed E-state index contributed by atoms with van der Waals surface area (Å²) < 4.78 is 12.4. The molecule has 0 bridgehead atoms. The maximum Gasteiger partial charge on any atom is 0.326 e. The van der Waals surface area contributed by atoms with E-state index in [0.717, 1.165) is 17.3 Å². The zero-order valence-corrected chi connectivity index (χ0v) is 22.0. The van der Waals surface area contributed by atoms with Crippen molar-refractivity contribution >= 4 is 35.0 Å². The summed E-state index contributed by atoms with van der Waals surface area (Å²) in [7, 11) is 1.56. The molecule has 0 saturated heterocycles. The number of nitro benzene ring substituents is 1. The maximum atomic E-state index is 13.4. The highest BCUT2D eigenvalue weighted by atomic mass is 32.2. The van der Waals surface area contributed by atoms with Gasteiger partial charge in [-0.1, -0.05) is 60.3 Å². The van der Waals surface area contributed by atoms with Gasteiger partial charge in [-0.3, -0.25) is 24.3 Å². The monoisotopic (exact) mass is 547 g/mol. The van der Waals surface area contributed by atoms with E-state index in [4.69, 9.17) is 9.47 Å². The molecule has 0 aliphatic heterocycles. The number of aromatic nitrogens is 3. The first kappa shape index (κ1) is 27.3. The van der Waals surface area contributed by atoms with E-state index in [2.05, 4.69) is 10.2 Å². The Hall–Kier alpha value is -4.71. The van der Waals surface area contributed by atoms with Crippen LogP contribution in [0, 0.1) is 10.1 Å². The van der Waals surface area contributed by atoms with Crippen molar-refractivity contribution in [2.24, 2.45) is 0 Å². The number of carbonyl (C=O) groups excluding carboxylic acids is 2. The second kappa shape index (κ2) is 12.7. The number of para-hydroxylation sites is 2. The van der Waals surface area contributed by atoms with E-state index in [1.807, 2.05) is 54.6 Å². The minimum atomic E-state index is -0.633. The molecule has 4 aromatic rings. The average Bonchev–Trinajstić information content (AvgIpc) is 3.39. The van der Waals surface area contributed by atoms with Crippen molar-refractivity contribution in [1.82, 2.24) is 14.8 Å². The SMILES string of the molecule is CCOC(=O)CN(C(=O)CSc1nnc(-c2ccccc2)n1-c1ccccc1OC)c1cccc([N+](=O)[O-])c1. The van der Waals surface area contributed by atoms with Gasteiger partial charge < -0.3 is 14.4 Å². The summed E-state index contributed by atoms with van der Waals surface area (Å²) in [5, 5.41) is 20.5. The van der Waals surface area contributed by atoms with Crippen LogP contribution in [-0.4, -0.2) is 57.6 Å².